The van der Waals surface area contributed by atoms with E-state index in [-0.39, 0.29) is 28.4 Å². The number of carboxylic acids is 1. The quantitative estimate of drug-likeness (QED) is 0.556. The minimum Gasteiger partial charge on any atom is -0.481 e. The van der Waals surface area contributed by atoms with Crippen LogP contribution < -0.4 is 0 Å². The van der Waals surface area contributed by atoms with Crippen molar-refractivity contribution in [1.82, 2.24) is 4.90 Å². The molecule has 0 radical (unpaired) electrons. The van der Waals surface area contributed by atoms with Gasteiger partial charge in [0.25, 0.3) is 5.24 Å². The molecule has 0 saturated heterocycles. The van der Waals surface area contributed by atoms with Crippen molar-refractivity contribution in [3.63, 3.8) is 0 Å². The van der Waals surface area contributed by atoms with Crippen LogP contribution in [0.1, 0.15) is 48.5 Å². The number of nitrogens with zero attached hydrogens (tertiary/aromatic N) is 1. The van der Waals surface area contributed by atoms with Crippen LogP contribution in [0.25, 0.3) is 0 Å². The first-order valence-corrected chi connectivity index (χ1v) is 8.66. The summed E-state index contributed by atoms with van der Waals surface area (Å²) in [6, 6.07) is 0. The van der Waals surface area contributed by atoms with Crippen LogP contribution >= 0.6 is 11.8 Å². The van der Waals surface area contributed by atoms with Crippen molar-refractivity contribution in [3.05, 3.63) is 0 Å². The number of amides is 1. The highest BCUT2D eigenvalue weighted by atomic mass is 32.2. The van der Waals surface area contributed by atoms with E-state index in [1.807, 2.05) is 11.8 Å². The highest BCUT2D eigenvalue weighted by molar-refractivity contribution is 8.13. The van der Waals surface area contributed by atoms with E-state index >= 15 is 0 Å². The molecule has 0 saturated carbocycles. The SMILES string of the molecule is CC(=O)C(C)C(=O)O.CCSC(=O)N(CC(C)C)CC(C)C.[AlH3]. The Labute approximate surface area is 155 Å². The van der Waals surface area contributed by atoms with Crippen LogP contribution in [0.5, 0.6) is 0 Å². The van der Waals surface area contributed by atoms with Gasteiger partial charge in [-0.15, -0.1) is 0 Å². The zero-order chi connectivity index (χ0) is 17.9. The Hall–Kier alpha value is -0.508. The zero-order valence-electron chi connectivity index (χ0n) is 14.9. The van der Waals surface area contributed by atoms with Gasteiger partial charge in [0.05, 0.1) is 0 Å². The summed E-state index contributed by atoms with van der Waals surface area (Å²) >= 11 is 1.41. The molecule has 0 heterocycles. The van der Waals surface area contributed by atoms with Crippen LogP contribution in [-0.4, -0.2) is 63.2 Å². The van der Waals surface area contributed by atoms with Crippen LogP contribution in [0.3, 0.4) is 0 Å². The minimum absolute atomic E-state index is 0. The molecule has 0 rings (SSSR count). The third kappa shape index (κ3) is 16.1. The summed E-state index contributed by atoms with van der Waals surface area (Å²) in [5, 5.41) is 8.36. The number of thioether (sulfide) groups is 1. The molecule has 0 bridgehead atoms. The van der Waals surface area contributed by atoms with Crippen LogP contribution in [0.2, 0.25) is 0 Å². The number of ketones is 1. The Morgan fingerprint density at radius 3 is 1.57 bits per heavy atom. The van der Waals surface area contributed by atoms with Crippen LogP contribution in [0.15, 0.2) is 0 Å². The van der Waals surface area contributed by atoms with E-state index < -0.39 is 11.9 Å². The van der Waals surface area contributed by atoms with Gasteiger partial charge >= 0.3 is 5.97 Å². The maximum absolute atomic E-state index is 11.7. The monoisotopic (exact) mass is 363 g/mol. The molecule has 0 aliphatic heterocycles. The molecule has 0 aromatic rings. The molecule has 136 valence electrons. The second-order valence-corrected chi connectivity index (χ2v) is 7.28. The van der Waals surface area contributed by atoms with E-state index in [1.54, 1.807) is 0 Å². The standard InChI is InChI=1S/C11H23NOS.C5H8O3.Al.3H/c1-6-14-11(13)12(7-9(2)3)8-10(4)5;1-3(4(2)6)5(7)8;;;;/h9-10H,6-8H2,1-5H3;3H,1-2H3,(H,7,8);;;;. The van der Waals surface area contributed by atoms with E-state index in [1.165, 1.54) is 25.6 Å². The Morgan fingerprint density at radius 1 is 1.00 bits per heavy atom. The lowest BCUT2D eigenvalue weighted by atomic mass is 10.1. The fraction of sp³-hybridized carbons (Fsp3) is 0.812. The normalized spacial score (nSPS) is 11.2. The molecule has 0 aromatic carbocycles. The number of Topliss-reactive ketones (excluding diaryl/α,β-unsaturated/α-hetero) is 1. The predicted octanol–water partition coefficient (Wildman–Crippen LogP) is 2.59. The van der Waals surface area contributed by atoms with Gasteiger partial charge in [0, 0.05) is 13.1 Å². The maximum Gasteiger partial charge on any atom is 0.313 e. The molecule has 1 amide bonds. The van der Waals surface area contributed by atoms with E-state index in [4.69, 9.17) is 5.11 Å². The molecule has 5 nitrogen and oxygen atoms in total. The summed E-state index contributed by atoms with van der Waals surface area (Å²) < 4.78 is 0. The molecule has 0 fully saturated rings. The minimum atomic E-state index is -1.06. The second kappa shape index (κ2) is 15.0. The largest absolute Gasteiger partial charge is 0.481 e. The highest BCUT2D eigenvalue weighted by Gasteiger charge is 2.15. The van der Waals surface area contributed by atoms with Crippen molar-refractivity contribution in [1.29, 1.82) is 0 Å². The molecule has 0 aliphatic carbocycles. The van der Waals surface area contributed by atoms with Gasteiger partial charge in [-0.2, -0.15) is 0 Å². The Balaban J connectivity index is -0.000000382. The first-order chi connectivity index (χ1) is 10.0. The van der Waals surface area contributed by atoms with Gasteiger partial charge in [0.15, 0.2) is 17.4 Å². The van der Waals surface area contributed by atoms with Gasteiger partial charge in [-0.1, -0.05) is 46.4 Å². The van der Waals surface area contributed by atoms with Crippen molar-refractivity contribution in [2.24, 2.45) is 17.8 Å². The molecule has 1 unspecified atom stereocenters. The average molecular weight is 364 g/mol. The highest BCUT2D eigenvalue weighted by Crippen LogP contribution is 2.12. The first-order valence-electron chi connectivity index (χ1n) is 7.67. The van der Waals surface area contributed by atoms with Crippen molar-refractivity contribution >= 4 is 46.1 Å². The van der Waals surface area contributed by atoms with E-state index in [9.17, 15) is 14.4 Å². The zero-order valence-corrected chi connectivity index (χ0v) is 15.7. The van der Waals surface area contributed by atoms with E-state index in [0.717, 1.165) is 18.8 Å². The summed E-state index contributed by atoms with van der Waals surface area (Å²) in [5.74, 6) is -0.249. The maximum atomic E-state index is 11.7. The number of carbonyl (C=O) groups is 3. The van der Waals surface area contributed by atoms with Crippen molar-refractivity contribution in [2.75, 3.05) is 18.8 Å². The molecular weight excluding hydrogens is 329 g/mol. The summed E-state index contributed by atoms with van der Waals surface area (Å²) in [5.41, 5.74) is 0. The van der Waals surface area contributed by atoms with Gasteiger partial charge in [0.2, 0.25) is 0 Å². The van der Waals surface area contributed by atoms with Crippen molar-refractivity contribution < 1.29 is 19.5 Å². The lowest BCUT2D eigenvalue weighted by Crippen LogP contribution is -2.34. The van der Waals surface area contributed by atoms with Crippen LogP contribution in [0, 0.1) is 17.8 Å². The Kier molecular flexibility index (Phi) is 17.9. The lowest BCUT2D eigenvalue weighted by molar-refractivity contribution is -0.144. The molecule has 0 aromatic heterocycles. The number of aliphatic carboxylic acids is 1. The Morgan fingerprint density at radius 2 is 1.39 bits per heavy atom. The number of rotatable bonds is 7. The molecule has 0 aliphatic rings. The van der Waals surface area contributed by atoms with Crippen LogP contribution in [-0.2, 0) is 9.59 Å². The fourth-order valence-electron chi connectivity index (χ4n) is 1.49. The third-order valence-corrected chi connectivity index (χ3v) is 3.47. The number of carbonyl (C=O) groups excluding carboxylic acids is 2. The first kappa shape index (κ1) is 27.3. The summed E-state index contributed by atoms with van der Waals surface area (Å²) in [4.78, 5) is 33.8. The molecular formula is C16H34AlNO4S. The molecule has 7 heteroatoms. The van der Waals surface area contributed by atoms with Gasteiger partial charge in [-0.25, -0.2) is 0 Å². The summed E-state index contributed by atoms with van der Waals surface area (Å²) in [7, 11) is 0. The second-order valence-electron chi connectivity index (χ2n) is 6.06. The predicted molar refractivity (Wildman–Crippen MR) is 102 cm³/mol. The lowest BCUT2D eigenvalue weighted by Gasteiger charge is -2.25. The van der Waals surface area contributed by atoms with Gasteiger partial charge in [0.1, 0.15) is 11.7 Å². The van der Waals surface area contributed by atoms with Crippen molar-refractivity contribution in [2.45, 2.75) is 48.5 Å². The van der Waals surface area contributed by atoms with Crippen LogP contribution in [0.4, 0.5) is 4.79 Å². The summed E-state index contributed by atoms with van der Waals surface area (Å²) in [6.07, 6.45) is 0. The number of hydrogen-bond acceptors (Lipinski definition) is 4. The number of hydrogen-bond donors (Lipinski definition) is 1. The van der Waals surface area contributed by atoms with Crippen molar-refractivity contribution in [3.8, 4) is 0 Å². The molecule has 1 N–H and O–H groups in total. The molecule has 0 spiro atoms. The van der Waals surface area contributed by atoms with Gasteiger partial charge in [-0.3, -0.25) is 14.4 Å². The summed E-state index contributed by atoms with van der Waals surface area (Å²) in [6.45, 7) is 15.0. The molecule has 23 heavy (non-hydrogen) atoms. The average Bonchev–Trinajstić information content (AvgIpc) is 2.36. The molecule has 1 atom stereocenters. The number of carboxylic acid groups (broad SMARTS) is 1. The Bertz CT molecular complexity index is 338. The van der Waals surface area contributed by atoms with Gasteiger partial charge in [-0.05, 0) is 31.4 Å². The van der Waals surface area contributed by atoms with Gasteiger partial charge < -0.3 is 10.0 Å². The van der Waals surface area contributed by atoms with E-state index in [0.29, 0.717) is 11.8 Å². The van der Waals surface area contributed by atoms with E-state index in [2.05, 4.69) is 27.7 Å². The fourth-order valence-corrected chi connectivity index (χ4v) is 2.07. The third-order valence-electron chi connectivity index (χ3n) is 2.68. The topological polar surface area (TPSA) is 74.7 Å². The smallest absolute Gasteiger partial charge is 0.313 e.